The molecule has 0 bridgehead atoms. The summed E-state index contributed by atoms with van der Waals surface area (Å²) in [6, 6.07) is 1.53. The Bertz CT molecular complexity index is 395. The number of hydrogen-bond acceptors (Lipinski definition) is 5. The normalized spacial score (nSPS) is 17.1. The van der Waals surface area contributed by atoms with Gasteiger partial charge in [-0.3, -0.25) is 4.79 Å². The fraction of sp³-hybridized carbons (Fsp3) is 0.750. The summed E-state index contributed by atoms with van der Waals surface area (Å²) in [5.41, 5.74) is -1.69. The first-order valence-electron chi connectivity index (χ1n) is 4.43. The molecule has 0 aromatic heterocycles. The highest BCUT2D eigenvalue weighted by Crippen LogP contribution is 2.08. The topological polar surface area (TPSA) is 127 Å². The first-order chi connectivity index (χ1) is 7.10. The van der Waals surface area contributed by atoms with Crippen molar-refractivity contribution in [2.45, 2.75) is 31.1 Å². The van der Waals surface area contributed by atoms with Gasteiger partial charge in [0.2, 0.25) is 10.0 Å². The minimum atomic E-state index is -3.84. The molecule has 16 heavy (non-hydrogen) atoms. The number of carbonyl (C=O) groups is 1. The highest BCUT2D eigenvalue weighted by atomic mass is 32.2. The van der Waals surface area contributed by atoms with Crippen LogP contribution in [0.4, 0.5) is 0 Å². The van der Waals surface area contributed by atoms with Crippen LogP contribution in [0.15, 0.2) is 0 Å². The Morgan fingerprint density at radius 2 is 2.12 bits per heavy atom. The van der Waals surface area contributed by atoms with E-state index in [-0.39, 0.29) is 0 Å². The second-order valence-electron chi connectivity index (χ2n) is 3.70. The van der Waals surface area contributed by atoms with E-state index in [0.29, 0.717) is 0 Å². The molecule has 0 aliphatic rings. The Hall–Kier alpha value is -1.17. The van der Waals surface area contributed by atoms with E-state index < -0.39 is 39.8 Å². The Kier molecular flexibility index (Phi) is 4.86. The van der Waals surface area contributed by atoms with Gasteiger partial charge < -0.3 is 10.2 Å². The summed E-state index contributed by atoms with van der Waals surface area (Å²) in [6.07, 6.45) is -0.587. The highest BCUT2D eigenvalue weighted by molar-refractivity contribution is 7.90. The molecule has 0 aliphatic heterocycles. The lowest BCUT2D eigenvalue weighted by Crippen LogP contribution is -2.44. The van der Waals surface area contributed by atoms with E-state index in [2.05, 4.69) is 0 Å². The van der Waals surface area contributed by atoms with Gasteiger partial charge in [0.25, 0.3) is 0 Å². The van der Waals surface area contributed by atoms with E-state index in [4.69, 9.17) is 10.4 Å². The first-order valence-corrected chi connectivity index (χ1v) is 5.97. The smallest absolute Gasteiger partial charge is 0.306 e. The number of hydrogen-bond donors (Lipinski definition) is 3. The van der Waals surface area contributed by atoms with Gasteiger partial charge in [0.15, 0.2) is 5.25 Å². The van der Waals surface area contributed by atoms with Crippen molar-refractivity contribution in [2.75, 3.05) is 6.54 Å². The predicted molar refractivity (Wildman–Crippen MR) is 54.9 cm³/mol. The van der Waals surface area contributed by atoms with Crippen LogP contribution in [0.2, 0.25) is 0 Å². The van der Waals surface area contributed by atoms with E-state index in [0.717, 1.165) is 0 Å². The molecule has 0 heterocycles. The molecular formula is C8H14N2O5S. The average molecular weight is 250 g/mol. The molecular weight excluding hydrogens is 236 g/mol. The van der Waals surface area contributed by atoms with Gasteiger partial charge in [-0.05, 0) is 13.8 Å². The molecule has 0 spiro atoms. The zero-order valence-corrected chi connectivity index (χ0v) is 9.78. The summed E-state index contributed by atoms with van der Waals surface area (Å²) in [7, 11) is -3.84. The van der Waals surface area contributed by atoms with Crippen molar-refractivity contribution in [3.63, 3.8) is 0 Å². The van der Waals surface area contributed by atoms with Gasteiger partial charge in [-0.2, -0.15) is 5.26 Å². The molecule has 0 radical (unpaired) electrons. The van der Waals surface area contributed by atoms with Crippen LogP contribution in [0.25, 0.3) is 0 Å². The van der Waals surface area contributed by atoms with Gasteiger partial charge in [0.1, 0.15) is 0 Å². The van der Waals surface area contributed by atoms with Crippen LogP contribution in [0.1, 0.15) is 20.3 Å². The predicted octanol–water partition coefficient (Wildman–Crippen LogP) is -0.956. The van der Waals surface area contributed by atoms with Gasteiger partial charge in [-0.1, -0.05) is 0 Å². The molecule has 0 saturated heterocycles. The number of carboxylic acids is 1. The molecule has 2 atom stereocenters. The third-order valence-corrected chi connectivity index (χ3v) is 3.42. The molecule has 0 aromatic carbocycles. The molecule has 0 aromatic rings. The van der Waals surface area contributed by atoms with Crippen LogP contribution in [0.5, 0.6) is 0 Å². The molecule has 0 rings (SSSR count). The Labute approximate surface area is 93.7 Å². The SMILES string of the molecule is CC(C#N)S(=O)(=O)NCC(C)(O)CC(=O)O. The number of sulfonamides is 1. The summed E-state index contributed by atoms with van der Waals surface area (Å²) < 4.78 is 24.6. The number of nitriles is 1. The highest BCUT2D eigenvalue weighted by Gasteiger charge is 2.28. The van der Waals surface area contributed by atoms with Gasteiger partial charge >= 0.3 is 5.97 Å². The van der Waals surface area contributed by atoms with Gasteiger partial charge in [-0.25, -0.2) is 13.1 Å². The van der Waals surface area contributed by atoms with Crippen molar-refractivity contribution in [2.24, 2.45) is 0 Å². The van der Waals surface area contributed by atoms with Crippen LogP contribution >= 0.6 is 0 Å². The van der Waals surface area contributed by atoms with E-state index in [1.54, 1.807) is 0 Å². The second kappa shape index (κ2) is 5.25. The maximum atomic E-state index is 11.3. The lowest BCUT2D eigenvalue weighted by molar-refractivity contribution is -0.141. The maximum absolute atomic E-state index is 11.3. The fourth-order valence-corrected chi connectivity index (χ4v) is 1.74. The third kappa shape index (κ3) is 5.06. The van der Waals surface area contributed by atoms with Crippen molar-refractivity contribution < 1.29 is 23.4 Å². The Morgan fingerprint density at radius 1 is 1.62 bits per heavy atom. The minimum Gasteiger partial charge on any atom is -0.481 e. The quantitative estimate of drug-likeness (QED) is 0.557. The fourth-order valence-electron chi connectivity index (χ4n) is 0.839. The number of nitrogens with one attached hydrogen (secondary N) is 1. The number of nitrogens with zero attached hydrogens (tertiary/aromatic N) is 1. The molecule has 0 saturated carbocycles. The van der Waals surface area contributed by atoms with Crippen molar-refractivity contribution in [1.82, 2.24) is 4.72 Å². The molecule has 92 valence electrons. The first kappa shape index (κ1) is 14.8. The van der Waals surface area contributed by atoms with E-state index >= 15 is 0 Å². The number of carboxylic acid groups (broad SMARTS) is 1. The van der Waals surface area contributed by atoms with Crippen molar-refractivity contribution >= 4 is 16.0 Å². The monoisotopic (exact) mass is 250 g/mol. The van der Waals surface area contributed by atoms with Crippen LogP contribution in [0, 0.1) is 11.3 Å². The largest absolute Gasteiger partial charge is 0.481 e. The van der Waals surface area contributed by atoms with E-state index in [1.165, 1.54) is 19.9 Å². The average Bonchev–Trinajstić information content (AvgIpc) is 2.12. The third-order valence-electron chi connectivity index (χ3n) is 1.83. The number of rotatable bonds is 6. The summed E-state index contributed by atoms with van der Waals surface area (Å²) in [4.78, 5) is 10.3. The molecule has 8 heteroatoms. The van der Waals surface area contributed by atoms with Crippen LogP contribution in [0.3, 0.4) is 0 Å². The second-order valence-corrected chi connectivity index (χ2v) is 5.79. The van der Waals surface area contributed by atoms with Crippen LogP contribution in [-0.4, -0.2) is 42.0 Å². The van der Waals surface area contributed by atoms with E-state index in [1.807, 2.05) is 4.72 Å². The molecule has 7 nitrogen and oxygen atoms in total. The maximum Gasteiger partial charge on any atom is 0.306 e. The van der Waals surface area contributed by atoms with Gasteiger partial charge in [0, 0.05) is 6.54 Å². The van der Waals surface area contributed by atoms with Crippen LogP contribution in [-0.2, 0) is 14.8 Å². The molecule has 0 aliphatic carbocycles. The van der Waals surface area contributed by atoms with Crippen molar-refractivity contribution in [3.8, 4) is 6.07 Å². The molecule has 0 amide bonds. The minimum absolute atomic E-state index is 0.451. The molecule has 2 unspecified atom stereocenters. The number of aliphatic carboxylic acids is 1. The summed E-state index contributed by atoms with van der Waals surface area (Å²) >= 11 is 0. The zero-order valence-electron chi connectivity index (χ0n) is 8.97. The van der Waals surface area contributed by atoms with E-state index in [9.17, 15) is 18.3 Å². The Balaban J connectivity index is 4.47. The lowest BCUT2D eigenvalue weighted by Gasteiger charge is -2.21. The van der Waals surface area contributed by atoms with Gasteiger partial charge in [0.05, 0.1) is 18.1 Å². The van der Waals surface area contributed by atoms with Crippen LogP contribution < -0.4 is 4.72 Å². The zero-order chi connectivity index (χ0) is 13.0. The van der Waals surface area contributed by atoms with Crippen molar-refractivity contribution in [1.29, 1.82) is 5.26 Å². The molecule has 0 fully saturated rings. The number of aliphatic hydroxyl groups is 1. The summed E-state index contributed by atoms with van der Waals surface area (Å²) in [5, 5.41) is 25.1. The van der Waals surface area contributed by atoms with Gasteiger partial charge in [-0.15, -0.1) is 0 Å². The Morgan fingerprint density at radius 3 is 2.50 bits per heavy atom. The summed E-state index contributed by atoms with van der Waals surface area (Å²) in [5.74, 6) is -1.24. The van der Waals surface area contributed by atoms with Crippen molar-refractivity contribution in [3.05, 3.63) is 0 Å². The standard InChI is InChI=1S/C8H14N2O5S/c1-6(4-9)16(14,15)10-5-8(2,13)3-7(11)12/h6,10,13H,3,5H2,1-2H3,(H,11,12). The molecule has 3 N–H and O–H groups in total. The summed E-state index contributed by atoms with van der Waals surface area (Å²) in [6.45, 7) is 1.93. The lowest BCUT2D eigenvalue weighted by atomic mass is 10.0.